The zero-order valence-electron chi connectivity index (χ0n) is 16.9. The van der Waals surface area contributed by atoms with Crippen LogP contribution in [-0.2, 0) is 19.7 Å². The highest BCUT2D eigenvalue weighted by molar-refractivity contribution is 5.88. The van der Waals surface area contributed by atoms with E-state index in [2.05, 4.69) is 39.9 Å². The Bertz CT molecular complexity index is 1110. The second-order valence-corrected chi connectivity index (χ2v) is 7.11. The number of fused-ring (bicyclic) bond motifs is 1. The van der Waals surface area contributed by atoms with Crippen molar-refractivity contribution in [2.45, 2.75) is 39.5 Å². The minimum atomic E-state index is -0.255. The van der Waals surface area contributed by atoms with Crippen LogP contribution in [0.25, 0.3) is 10.8 Å². The second kappa shape index (κ2) is 9.35. The standard InChI is InChI=1S/C23H24FN5O/c1-2-3-14-29-23(26-27-28-29)25-15-21-20-7-5-4-6-18(20)10-13-22(21)30-16-17-8-11-19(24)12-9-17/h4-13H,2-3,14-16H2,1H3,(H,25,26,28). The van der Waals surface area contributed by atoms with Crippen molar-refractivity contribution in [3.05, 3.63) is 77.6 Å². The molecule has 0 aliphatic rings. The molecule has 0 amide bonds. The van der Waals surface area contributed by atoms with Gasteiger partial charge in [-0.05, 0) is 51.4 Å². The number of tetrazole rings is 1. The summed E-state index contributed by atoms with van der Waals surface area (Å²) in [7, 11) is 0. The van der Waals surface area contributed by atoms with Crippen molar-refractivity contribution in [1.82, 2.24) is 20.2 Å². The van der Waals surface area contributed by atoms with Crippen molar-refractivity contribution in [3.8, 4) is 5.75 Å². The number of hydrogen-bond acceptors (Lipinski definition) is 5. The number of benzene rings is 3. The van der Waals surface area contributed by atoms with Gasteiger partial charge in [0.25, 0.3) is 0 Å². The van der Waals surface area contributed by atoms with E-state index in [9.17, 15) is 4.39 Å². The van der Waals surface area contributed by atoms with Gasteiger partial charge in [-0.25, -0.2) is 9.07 Å². The van der Waals surface area contributed by atoms with Crippen LogP contribution in [0.15, 0.2) is 60.7 Å². The molecule has 1 N–H and O–H groups in total. The smallest absolute Gasteiger partial charge is 0.243 e. The summed E-state index contributed by atoms with van der Waals surface area (Å²) in [6.07, 6.45) is 2.09. The number of unbranched alkanes of at least 4 members (excludes halogenated alkanes) is 1. The van der Waals surface area contributed by atoms with Gasteiger partial charge in [0.1, 0.15) is 18.2 Å². The number of hydrogen-bond donors (Lipinski definition) is 1. The molecule has 0 saturated heterocycles. The molecular weight excluding hydrogens is 381 g/mol. The molecule has 1 heterocycles. The molecule has 0 unspecified atom stereocenters. The molecule has 154 valence electrons. The molecule has 0 fully saturated rings. The Labute approximate surface area is 174 Å². The summed E-state index contributed by atoms with van der Waals surface area (Å²) in [6, 6.07) is 18.6. The van der Waals surface area contributed by atoms with Gasteiger partial charge in [0.15, 0.2) is 0 Å². The van der Waals surface area contributed by atoms with Crippen molar-refractivity contribution < 1.29 is 9.13 Å². The number of nitrogens with one attached hydrogen (secondary N) is 1. The van der Waals surface area contributed by atoms with Crippen LogP contribution in [-0.4, -0.2) is 20.2 Å². The summed E-state index contributed by atoms with van der Waals surface area (Å²) in [6.45, 7) is 3.79. The first-order chi connectivity index (χ1) is 14.7. The van der Waals surface area contributed by atoms with Gasteiger partial charge < -0.3 is 10.1 Å². The van der Waals surface area contributed by atoms with Crippen LogP contribution < -0.4 is 10.1 Å². The summed E-state index contributed by atoms with van der Waals surface area (Å²) in [4.78, 5) is 0. The topological polar surface area (TPSA) is 64.9 Å². The lowest BCUT2D eigenvalue weighted by atomic mass is 10.0. The van der Waals surface area contributed by atoms with E-state index in [-0.39, 0.29) is 5.82 Å². The van der Waals surface area contributed by atoms with Crippen molar-refractivity contribution in [2.75, 3.05) is 5.32 Å². The van der Waals surface area contributed by atoms with Crippen LogP contribution >= 0.6 is 0 Å². The number of anilines is 1. The SMILES string of the molecule is CCCCn1nnnc1NCc1c(OCc2ccc(F)cc2)ccc2ccccc12. The maximum absolute atomic E-state index is 13.2. The zero-order valence-corrected chi connectivity index (χ0v) is 16.9. The van der Waals surface area contributed by atoms with E-state index >= 15 is 0 Å². The highest BCUT2D eigenvalue weighted by atomic mass is 19.1. The summed E-state index contributed by atoms with van der Waals surface area (Å²) in [5.41, 5.74) is 1.94. The molecule has 4 rings (SSSR count). The molecule has 0 atom stereocenters. The zero-order chi connectivity index (χ0) is 20.8. The monoisotopic (exact) mass is 405 g/mol. The van der Waals surface area contributed by atoms with Gasteiger partial charge in [-0.3, -0.25) is 0 Å². The first-order valence-electron chi connectivity index (χ1n) is 10.1. The molecule has 0 bridgehead atoms. The van der Waals surface area contributed by atoms with Gasteiger partial charge in [-0.1, -0.05) is 60.9 Å². The number of aryl methyl sites for hydroxylation is 1. The Kier molecular flexibility index (Phi) is 6.17. The quantitative estimate of drug-likeness (QED) is 0.427. The highest BCUT2D eigenvalue weighted by Crippen LogP contribution is 2.29. The van der Waals surface area contributed by atoms with Crippen LogP contribution in [0.4, 0.5) is 10.3 Å². The first-order valence-corrected chi connectivity index (χ1v) is 10.1. The van der Waals surface area contributed by atoms with Crippen molar-refractivity contribution >= 4 is 16.7 Å². The van der Waals surface area contributed by atoms with E-state index in [0.717, 1.165) is 47.0 Å². The maximum Gasteiger partial charge on any atom is 0.243 e. The lowest BCUT2D eigenvalue weighted by Crippen LogP contribution is -2.10. The number of nitrogens with zero attached hydrogens (tertiary/aromatic N) is 4. The fraction of sp³-hybridized carbons (Fsp3) is 0.261. The molecule has 4 aromatic rings. The van der Waals surface area contributed by atoms with E-state index in [1.165, 1.54) is 12.1 Å². The van der Waals surface area contributed by atoms with E-state index in [1.54, 1.807) is 16.8 Å². The third kappa shape index (κ3) is 4.56. The summed E-state index contributed by atoms with van der Waals surface area (Å²) in [5.74, 6) is 1.16. The lowest BCUT2D eigenvalue weighted by molar-refractivity contribution is 0.303. The molecule has 0 aliphatic heterocycles. The average molecular weight is 405 g/mol. The predicted octanol–water partition coefficient (Wildman–Crippen LogP) is 4.96. The van der Waals surface area contributed by atoms with Crippen molar-refractivity contribution in [3.63, 3.8) is 0 Å². The summed E-state index contributed by atoms with van der Waals surface area (Å²) < 4.78 is 21.1. The first kappa shape index (κ1) is 19.8. The van der Waals surface area contributed by atoms with Crippen LogP contribution in [0.5, 0.6) is 5.75 Å². The van der Waals surface area contributed by atoms with E-state index in [4.69, 9.17) is 4.74 Å². The van der Waals surface area contributed by atoms with Crippen LogP contribution in [0.2, 0.25) is 0 Å². The molecule has 6 nitrogen and oxygen atoms in total. The van der Waals surface area contributed by atoms with Gasteiger partial charge in [0.05, 0.1) is 0 Å². The van der Waals surface area contributed by atoms with Crippen LogP contribution in [0.1, 0.15) is 30.9 Å². The van der Waals surface area contributed by atoms with Crippen LogP contribution in [0.3, 0.4) is 0 Å². The third-order valence-corrected chi connectivity index (χ3v) is 4.98. The third-order valence-electron chi connectivity index (χ3n) is 4.98. The summed E-state index contributed by atoms with van der Waals surface area (Å²) in [5, 5.41) is 17.6. The van der Waals surface area contributed by atoms with Gasteiger partial charge >= 0.3 is 0 Å². The second-order valence-electron chi connectivity index (χ2n) is 7.11. The Morgan fingerprint density at radius 2 is 1.87 bits per heavy atom. The maximum atomic E-state index is 13.2. The van der Waals surface area contributed by atoms with Crippen molar-refractivity contribution in [2.24, 2.45) is 0 Å². The van der Waals surface area contributed by atoms with Gasteiger partial charge in [0.2, 0.25) is 5.95 Å². The lowest BCUT2D eigenvalue weighted by Gasteiger charge is -2.15. The Balaban J connectivity index is 1.57. The highest BCUT2D eigenvalue weighted by Gasteiger charge is 2.12. The predicted molar refractivity (Wildman–Crippen MR) is 115 cm³/mol. The molecule has 7 heteroatoms. The molecule has 1 aromatic heterocycles. The van der Waals surface area contributed by atoms with E-state index in [1.807, 2.05) is 24.3 Å². The molecule has 0 saturated carbocycles. The summed E-state index contributed by atoms with van der Waals surface area (Å²) >= 11 is 0. The minimum absolute atomic E-state index is 0.255. The largest absolute Gasteiger partial charge is 0.489 e. The van der Waals surface area contributed by atoms with E-state index in [0.29, 0.717) is 19.1 Å². The molecule has 0 radical (unpaired) electrons. The molecule has 3 aromatic carbocycles. The number of rotatable bonds is 9. The average Bonchev–Trinajstić information content (AvgIpc) is 3.23. The normalized spacial score (nSPS) is 11.0. The Morgan fingerprint density at radius 3 is 2.70 bits per heavy atom. The fourth-order valence-corrected chi connectivity index (χ4v) is 3.33. The fourth-order valence-electron chi connectivity index (χ4n) is 3.33. The molecule has 0 spiro atoms. The Hall–Kier alpha value is -3.48. The van der Waals surface area contributed by atoms with Gasteiger partial charge in [0, 0.05) is 18.7 Å². The molecule has 0 aliphatic carbocycles. The number of aromatic nitrogens is 4. The number of halogens is 1. The van der Waals surface area contributed by atoms with E-state index < -0.39 is 0 Å². The number of ether oxygens (including phenoxy) is 1. The Morgan fingerprint density at radius 1 is 1.03 bits per heavy atom. The minimum Gasteiger partial charge on any atom is -0.489 e. The van der Waals surface area contributed by atoms with Gasteiger partial charge in [-0.15, -0.1) is 0 Å². The van der Waals surface area contributed by atoms with Crippen LogP contribution in [0, 0.1) is 5.82 Å². The molecule has 30 heavy (non-hydrogen) atoms. The van der Waals surface area contributed by atoms with Gasteiger partial charge in [-0.2, -0.15) is 0 Å². The van der Waals surface area contributed by atoms with Crippen molar-refractivity contribution in [1.29, 1.82) is 0 Å². The molecular formula is C23H24FN5O.